The van der Waals surface area contributed by atoms with Gasteiger partial charge in [-0.25, -0.2) is 4.98 Å². The summed E-state index contributed by atoms with van der Waals surface area (Å²) >= 11 is 0. The van der Waals surface area contributed by atoms with Crippen molar-refractivity contribution in [1.82, 2.24) is 9.88 Å². The highest BCUT2D eigenvalue weighted by molar-refractivity contribution is 5.95. The topological polar surface area (TPSA) is 62.5 Å². The first-order valence-corrected chi connectivity index (χ1v) is 6.72. The molecular weight excluding hydrogens is 240 g/mol. The van der Waals surface area contributed by atoms with Crippen molar-refractivity contribution in [1.29, 1.82) is 0 Å². The number of nitrogen functional groups attached to an aromatic ring is 1. The molecule has 2 rings (SSSR count). The predicted molar refractivity (Wildman–Crippen MR) is 76.9 cm³/mol. The van der Waals surface area contributed by atoms with E-state index in [2.05, 4.69) is 16.9 Å². The SMILES string of the molecule is CC(C)N(C(=O)C1CCN(C)C1)c1ccc(N)cn1. The number of amides is 1. The van der Waals surface area contributed by atoms with Crippen LogP contribution in [-0.2, 0) is 4.79 Å². The van der Waals surface area contributed by atoms with Crippen LogP contribution in [0.2, 0.25) is 0 Å². The van der Waals surface area contributed by atoms with Crippen LogP contribution in [0.25, 0.3) is 0 Å². The van der Waals surface area contributed by atoms with E-state index in [0.717, 1.165) is 19.5 Å². The summed E-state index contributed by atoms with van der Waals surface area (Å²) in [5.74, 6) is 0.923. The van der Waals surface area contributed by atoms with E-state index >= 15 is 0 Å². The third kappa shape index (κ3) is 3.04. The molecule has 0 radical (unpaired) electrons. The largest absolute Gasteiger partial charge is 0.397 e. The zero-order chi connectivity index (χ0) is 14.0. The molecule has 19 heavy (non-hydrogen) atoms. The van der Waals surface area contributed by atoms with Crippen molar-refractivity contribution in [3.8, 4) is 0 Å². The van der Waals surface area contributed by atoms with Crippen LogP contribution in [0, 0.1) is 5.92 Å². The molecule has 0 spiro atoms. The van der Waals surface area contributed by atoms with Crippen molar-refractivity contribution in [3.05, 3.63) is 18.3 Å². The molecule has 1 unspecified atom stereocenters. The lowest BCUT2D eigenvalue weighted by molar-refractivity contribution is -0.122. The zero-order valence-corrected chi connectivity index (χ0v) is 11.8. The molecular formula is C14H22N4O. The van der Waals surface area contributed by atoms with Gasteiger partial charge >= 0.3 is 0 Å². The van der Waals surface area contributed by atoms with E-state index < -0.39 is 0 Å². The van der Waals surface area contributed by atoms with Crippen molar-refractivity contribution < 1.29 is 4.79 Å². The van der Waals surface area contributed by atoms with E-state index in [1.54, 1.807) is 17.2 Å². The van der Waals surface area contributed by atoms with Crippen LogP contribution >= 0.6 is 0 Å². The molecule has 5 heteroatoms. The van der Waals surface area contributed by atoms with Crippen molar-refractivity contribution in [2.75, 3.05) is 30.8 Å². The molecule has 0 aromatic carbocycles. The second kappa shape index (κ2) is 5.57. The standard InChI is InChI=1S/C14H22N4O/c1-10(2)18(13-5-4-12(15)8-16-13)14(19)11-6-7-17(3)9-11/h4-5,8,10-11H,6-7,9,15H2,1-3H3. The van der Waals surface area contributed by atoms with Crippen LogP contribution < -0.4 is 10.6 Å². The van der Waals surface area contributed by atoms with Gasteiger partial charge in [-0.15, -0.1) is 0 Å². The summed E-state index contributed by atoms with van der Waals surface area (Å²) in [6.45, 7) is 5.83. The van der Waals surface area contributed by atoms with Gasteiger partial charge < -0.3 is 10.6 Å². The van der Waals surface area contributed by atoms with E-state index in [1.165, 1.54) is 0 Å². The lowest BCUT2D eigenvalue weighted by Crippen LogP contribution is -2.42. The number of carbonyl (C=O) groups excluding carboxylic acids is 1. The van der Waals surface area contributed by atoms with Crippen molar-refractivity contribution in [2.45, 2.75) is 26.3 Å². The Morgan fingerprint density at radius 3 is 2.74 bits per heavy atom. The maximum Gasteiger partial charge on any atom is 0.232 e. The van der Waals surface area contributed by atoms with Gasteiger partial charge in [-0.2, -0.15) is 0 Å². The minimum absolute atomic E-state index is 0.0757. The molecule has 2 heterocycles. The molecule has 1 saturated heterocycles. The third-order valence-corrected chi connectivity index (χ3v) is 3.51. The fraction of sp³-hybridized carbons (Fsp3) is 0.571. The summed E-state index contributed by atoms with van der Waals surface area (Å²) in [4.78, 5) is 20.9. The summed E-state index contributed by atoms with van der Waals surface area (Å²) in [5.41, 5.74) is 6.26. The van der Waals surface area contributed by atoms with Crippen LogP contribution in [-0.4, -0.2) is 42.0 Å². The van der Waals surface area contributed by atoms with E-state index in [-0.39, 0.29) is 17.9 Å². The van der Waals surface area contributed by atoms with Crippen LogP contribution in [0.4, 0.5) is 11.5 Å². The highest BCUT2D eigenvalue weighted by Gasteiger charge is 2.32. The second-order valence-corrected chi connectivity index (χ2v) is 5.50. The average molecular weight is 262 g/mol. The highest BCUT2D eigenvalue weighted by Crippen LogP contribution is 2.23. The molecule has 1 aliphatic rings. The van der Waals surface area contributed by atoms with Crippen molar-refractivity contribution in [2.24, 2.45) is 5.92 Å². The Kier molecular flexibility index (Phi) is 4.04. The Bertz CT molecular complexity index is 443. The molecule has 104 valence electrons. The summed E-state index contributed by atoms with van der Waals surface area (Å²) in [5, 5.41) is 0. The van der Waals surface area contributed by atoms with Gasteiger partial charge in [-0.3, -0.25) is 9.69 Å². The van der Waals surface area contributed by atoms with Gasteiger partial charge in [0.05, 0.1) is 17.8 Å². The summed E-state index contributed by atoms with van der Waals surface area (Å²) in [7, 11) is 2.05. The number of anilines is 2. The highest BCUT2D eigenvalue weighted by atomic mass is 16.2. The van der Waals surface area contributed by atoms with Gasteiger partial charge in [0.1, 0.15) is 5.82 Å². The molecule has 1 amide bonds. The molecule has 1 aliphatic heterocycles. The van der Waals surface area contributed by atoms with Gasteiger partial charge in [0.15, 0.2) is 0 Å². The fourth-order valence-electron chi connectivity index (χ4n) is 2.51. The minimum Gasteiger partial charge on any atom is -0.397 e. The fourth-order valence-corrected chi connectivity index (χ4v) is 2.51. The van der Waals surface area contributed by atoms with Crippen LogP contribution in [0.1, 0.15) is 20.3 Å². The number of aromatic nitrogens is 1. The molecule has 2 N–H and O–H groups in total. The summed E-state index contributed by atoms with van der Waals surface area (Å²) in [6, 6.07) is 3.69. The first kappa shape index (κ1) is 13.8. The number of nitrogens with zero attached hydrogens (tertiary/aromatic N) is 3. The smallest absolute Gasteiger partial charge is 0.232 e. The molecule has 1 aromatic heterocycles. The first-order chi connectivity index (χ1) is 8.99. The first-order valence-electron chi connectivity index (χ1n) is 6.72. The third-order valence-electron chi connectivity index (χ3n) is 3.51. The van der Waals surface area contributed by atoms with E-state index in [0.29, 0.717) is 11.5 Å². The number of nitrogens with two attached hydrogens (primary N) is 1. The zero-order valence-electron chi connectivity index (χ0n) is 11.8. The van der Waals surface area contributed by atoms with Gasteiger partial charge in [0.2, 0.25) is 5.91 Å². The van der Waals surface area contributed by atoms with Crippen LogP contribution in [0.5, 0.6) is 0 Å². The van der Waals surface area contributed by atoms with Gasteiger partial charge in [0, 0.05) is 12.6 Å². The van der Waals surface area contributed by atoms with Crippen LogP contribution in [0.15, 0.2) is 18.3 Å². The quantitative estimate of drug-likeness (QED) is 0.893. The molecule has 0 aliphatic carbocycles. The number of hydrogen-bond donors (Lipinski definition) is 1. The van der Waals surface area contributed by atoms with Gasteiger partial charge in [0.25, 0.3) is 0 Å². The van der Waals surface area contributed by atoms with E-state index in [9.17, 15) is 4.79 Å². The average Bonchev–Trinajstić information content (AvgIpc) is 2.78. The van der Waals surface area contributed by atoms with Gasteiger partial charge in [-0.1, -0.05) is 0 Å². The molecule has 0 bridgehead atoms. The monoisotopic (exact) mass is 262 g/mol. The number of rotatable bonds is 3. The Morgan fingerprint density at radius 2 is 2.26 bits per heavy atom. The Labute approximate surface area is 114 Å². The summed E-state index contributed by atoms with van der Waals surface area (Å²) in [6.07, 6.45) is 2.52. The van der Waals surface area contributed by atoms with Crippen LogP contribution in [0.3, 0.4) is 0 Å². The van der Waals surface area contributed by atoms with Gasteiger partial charge in [-0.05, 0) is 46.0 Å². The number of likely N-dealkylation sites (tertiary alicyclic amines) is 1. The molecule has 1 fully saturated rings. The molecule has 1 atom stereocenters. The predicted octanol–water partition coefficient (Wildman–Crippen LogP) is 1.36. The Balaban J connectivity index is 2.20. The van der Waals surface area contributed by atoms with E-state index in [1.807, 2.05) is 19.9 Å². The molecule has 1 aromatic rings. The normalized spacial score (nSPS) is 19.9. The maximum absolute atomic E-state index is 12.6. The number of pyridine rings is 1. The second-order valence-electron chi connectivity index (χ2n) is 5.50. The van der Waals surface area contributed by atoms with E-state index in [4.69, 9.17) is 5.73 Å². The molecule has 0 saturated carbocycles. The van der Waals surface area contributed by atoms with Crippen molar-refractivity contribution >= 4 is 17.4 Å². The lowest BCUT2D eigenvalue weighted by Gasteiger charge is -2.28. The molecule has 5 nitrogen and oxygen atoms in total. The Morgan fingerprint density at radius 1 is 1.53 bits per heavy atom. The maximum atomic E-state index is 12.6. The minimum atomic E-state index is 0.0757. The Hall–Kier alpha value is -1.62. The lowest BCUT2D eigenvalue weighted by atomic mass is 10.1. The summed E-state index contributed by atoms with van der Waals surface area (Å²) < 4.78 is 0. The number of carbonyl (C=O) groups is 1. The van der Waals surface area contributed by atoms with Crippen molar-refractivity contribution in [3.63, 3.8) is 0 Å². The number of hydrogen-bond acceptors (Lipinski definition) is 4.